The number of rotatable bonds is 10. The molecule has 0 amide bonds. The molecule has 0 saturated heterocycles. The second-order valence-electron chi connectivity index (χ2n) is 4.23. The Balaban J connectivity index is 2.00. The Labute approximate surface area is 125 Å². The predicted octanol–water partition coefficient (Wildman–Crippen LogP) is 3.78. The number of unbranched alkanes of at least 4 members (excludes halogenated alkanes) is 1. The third-order valence-corrected chi connectivity index (χ3v) is 3.35. The molecule has 0 aromatic heterocycles. The standard InChI is InChI=1S/C14H21Cl2NO2/c1-18-9-4-8-17-7-2-3-10-19-12-5-6-13(15)14(16)11-12/h5-6,11,17H,2-4,7-10H2,1H3. The molecule has 0 aliphatic carbocycles. The van der Waals surface area contributed by atoms with Crippen LogP contribution in [0, 0.1) is 0 Å². The summed E-state index contributed by atoms with van der Waals surface area (Å²) in [5.41, 5.74) is 0. The van der Waals surface area contributed by atoms with E-state index >= 15 is 0 Å². The Bertz CT molecular complexity index is 361. The van der Waals surface area contributed by atoms with Crippen LogP contribution in [0.25, 0.3) is 0 Å². The van der Waals surface area contributed by atoms with Gasteiger partial charge in [0, 0.05) is 19.8 Å². The average Bonchev–Trinajstić information content (AvgIpc) is 2.41. The molecule has 5 heteroatoms. The van der Waals surface area contributed by atoms with E-state index in [2.05, 4.69) is 5.32 Å². The smallest absolute Gasteiger partial charge is 0.120 e. The van der Waals surface area contributed by atoms with Gasteiger partial charge in [-0.2, -0.15) is 0 Å². The van der Waals surface area contributed by atoms with Gasteiger partial charge in [-0.15, -0.1) is 0 Å². The van der Waals surface area contributed by atoms with Gasteiger partial charge in [-0.1, -0.05) is 23.2 Å². The van der Waals surface area contributed by atoms with Gasteiger partial charge >= 0.3 is 0 Å². The lowest BCUT2D eigenvalue weighted by Crippen LogP contribution is -2.18. The quantitative estimate of drug-likeness (QED) is 0.667. The molecule has 1 rings (SSSR count). The molecule has 0 spiro atoms. The van der Waals surface area contributed by atoms with Gasteiger partial charge in [0.2, 0.25) is 0 Å². The first-order chi connectivity index (χ1) is 9.24. The predicted molar refractivity (Wildman–Crippen MR) is 80.6 cm³/mol. The summed E-state index contributed by atoms with van der Waals surface area (Å²) < 4.78 is 10.6. The van der Waals surface area contributed by atoms with E-state index < -0.39 is 0 Å². The van der Waals surface area contributed by atoms with E-state index in [0.29, 0.717) is 16.7 Å². The highest BCUT2D eigenvalue weighted by molar-refractivity contribution is 6.42. The van der Waals surface area contributed by atoms with Crippen molar-refractivity contribution in [2.75, 3.05) is 33.4 Å². The van der Waals surface area contributed by atoms with E-state index in [0.717, 1.165) is 44.7 Å². The summed E-state index contributed by atoms with van der Waals surface area (Å²) >= 11 is 11.7. The van der Waals surface area contributed by atoms with Crippen molar-refractivity contribution in [2.45, 2.75) is 19.3 Å². The molecule has 1 aromatic rings. The van der Waals surface area contributed by atoms with Crippen molar-refractivity contribution < 1.29 is 9.47 Å². The topological polar surface area (TPSA) is 30.5 Å². The minimum absolute atomic E-state index is 0.527. The zero-order valence-corrected chi connectivity index (χ0v) is 12.8. The average molecular weight is 306 g/mol. The van der Waals surface area contributed by atoms with Gasteiger partial charge in [0.25, 0.3) is 0 Å². The molecule has 0 bridgehead atoms. The molecule has 0 heterocycles. The lowest BCUT2D eigenvalue weighted by atomic mass is 10.3. The number of methoxy groups -OCH3 is 1. The highest BCUT2D eigenvalue weighted by atomic mass is 35.5. The Morgan fingerprint density at radius 1 is 1.00 bits per heavy atom. The van der Waals surface area contributed by atoms with Crippen molar-refractivity contribution in [3.63, 3.8) is 0 Å². The number of benzene rings is 1. The molecule has 3 nitrogen and oxygen atoms in total. The SMILES string of the molecule is COCCCNCCCCOc1ccc(Cl)c(Cl)c1. The monoisotopic (exact) mass is 305 g/mol. The van der Waals surface area contributed by atoms with Crippen LogP contribution < -0.4 is 10.1 Å². The summed E-state index contributed by atoms with van der Waals surface area (Å²) in [5, 5.41) is 4.44. The van der Waals surface area contributed by atoms with Crippen LogP contribution in [-0.4, -0.2) is 33.4 Å². The van der Waals surface area contributed by atoms with Crippen LogP contribution in [0.15, 0.2) is 18.2 Å². The number of hydrogen-bond acceptors (Lipinski definition) is 3. The van der Waals surface area contributed by atoms with Gasteiger partial charge < -0.3 is 14.8 Å². The Kier molecular flexibility index (Phi) is 9.01. The van der Waals surface area contributed by atoms with E-state index in [1.807, 2.05) is 6.07 Å². The highest BCUT2D eigenvalue weighted by Crippen LogP contribution is 2.26. The van der Waals surface area contributed by atoms with Crippen LogP contribution in [0.1, 0.15) is 19.3 Å². The molecule has 19 heavy (non-hydrogen) atoms. The minimum Gasteiger partial charge on any atom is -0.494 e. The normalized spacial score (nSPS) is 10.7. The van der Waals surface area contributed by atoms with Crippen LogP contribution in [0.4, 0.5) is 0 Å². The number of ether oxygens (including phenoxy) is 2. The Morgan fingerprint density at radius 3 is 2.53 bits per heavy atom. The maximum absolute atomic E-state index is 5.90. The maximum atomic E-state index is 5.90. The van der Waals surface area contributed by atoms with Gasteiger partial charge in [0.1, 0.15) is 5.75 Å². The minimum atomic E-state index is 0.527. The summed E-state index contributed by atoms with van der Waals surface area (Å²) in [6, 6.07) is 5.32. The van der Waals surface area contributed by atoms with Crippen LogP contribution in [-0.2, 0) is 4.74 Å². The summed E-state index contributed by atoms with van der Waals surface area (Å²) in [4.78, 5) is 0. The fraction of sp³-hybridized carbons (Fsp3) is 0.571. The summed E-state index contributed by atoms with van der Waals surface area (Å²) in [7, 11) is 1.72. The van der Waals surface area contributed by atoms with E-state index in [9.17, 15) is 0 Å². The van der Waals surface area contributed by atoms with E-state index in [1.165, 1.54) is 0 Å². The van der Waals surface area contributed by atoms with Gasteiger partial charge in [-0.3, -0.25) is 0 Å². The van der Waals surface area contributed by atoms with Gasteiger partial charge in [-0.25, -0.2) is 0 Å². The first-order valence-corrected chi connectivity index (χ1v) is 7.27. The van der Waals surface area contributed by atoms with Crippen molar-refractivity contribution in [3.8, 4) is 5.75 Å². The number of hydrogen-bond donors (Lipinski definition) is 1. The molecule has 108 valence electrons. The first-order valence-electron chi connectivity index (χ1n) is 6.51. The third kappa shape index (κ3) is 7.63. The molecule has 0 fully saturated rings. The summed E-state index contributed by atoms with van der Waals surface area (Å²) in [6.45, 7) is 3.51. The number of nitrogens with one attached hydrogen (secondary N) is 1. The van der Waals surface area contributed by atoms with Crippen LogP contribution in [0.2, 0.25) is 10.0 Å². The van der Waals surface area contributed by atoms with E-state index in [1.54, 1.807) is 19.2 Å². The second-order valence-corrected chi connectivity index (χ2v) is 5.04. The van der Waals surface area contributed by atoms with Gasteiger partial charge in [0.05, 0.1) is 16.7 Å². The van der Waals surface area contributed by atoms with Crippen molar-refractivity contribution in [2.24, 2.45) is 0 Å². The molecular formula is C14H21Cl2NO2. The zero-order chi connectivity index (χ0) is 13.9. The van der Waals surface area contributed by atoms with Crippen LogP contribution >= 0.6 is 23.2 Å². The molecule has 1 N–H and O–H groups in total. The molecule has 0 unspecified atom stereocenters. The van der Waals surface area contributed by atoms with Gasteiger partial charge in [-0.05, 0) is 44.5 Å². The van der Waals surface area contributed by atoms with Crippen LogP contribution in [0.5, 0.6) is 5.75 Å². The first kappa shape index (κ1) is 16.6. The van der Waals surface area contributed by atoms with E-state index in [-0.39, 0.29) is 0 Å². The molecule has 0 radical (unpaired) electrons. The molecule has 0 aliphatic heterocycles. The molecule has 0 saturated carbocycles. The maximum Gasteiger partial charge on any atom is 0.120 e. The fourth-order valence-electron chi connectivity index (χ4n) is 1.58. The fourth-order valence-corrected chi connectivity index (χ4v) is 1.86. The van der Waals surface area contributed by atoms with Crippen molar-refractivity contribution in [3.05, 3.63) is 28.2 Å². The third-order valence-electron chi connectivity index (χ3n) is 2.61. The molecule has 0 aliphatic rings. The number of halogens is 2. The van der Waals surface area contributed by atoms with Crippen molar-refractivity contribution in [1.29, 1.82) is 0 Å². The molecular weight excluding hydrogens is 285 g/mol. The molecule has 0 atom stereocenters. The van der Waals surface area contributed by atoms with Crippen molar-refractivity contribution >= 4 is 23.2 Å². The largest absolute Gasteiger partial charge is 0.494 e. The van der Waals surface area contributed by atoms with Crippen molar-refractivity contribution in [1.82, 2.24) is 5.32 Å². The summed E-state index contributed by atoms with van der Waals surface area (Å²) in [5.74, 6) is 0.766. The molecule has 1 aromatic carbocycles. The van der Waals surface area contributed by atoms with E-state index in [4.69, 9.17) is 32.7 Å². The lowest BCUT2D eigenvalue weighted by molar-refractivity contribution is 0.194. The zero-order valence-electron chi connectivity index (χ0n) is 11.3. The second kappa shape index (κ2) is 10.3. The Hall–Kier alpha value is -0.480. The highest BCUT2D eigenvalue weighted by Gasteiger charge is 2.00. The summed E-state index contributed by atoms with van der Waals surface area (Å²) in [6.07, 6.45) is 3.15. The van der Waals surface area contributed by atoms with Crippen LogP contribution in [0.3, 0.4) is 0 Å². The Morgan fingerprint density at radius 2 is 1.79 bits per heavy atom. The lowest BCUT2D eigenvalue weighted by Gasteiger charge is -2.07. The van der Waals surface area contributed by atoms with Gasteiger partial charge in [0.15, 0.2) is 0 Å².